The Bertz CT molecular complexity index is 439. The Labute approximate surface area is 117 Å². The van der Waals surface area contributed by atoms with Crippen LogP contribution in [0.15, 0.2) is 18.2 Å². The van der Waals surface area contributed by atoms with E-state index in [1.807, 2.05) is 0 Å². The summed E-state index contributed by atoms with van der Waals surface area (Å²) < 4.78 is 5.96. The van der Waals surface area contributed by atoms with Gasteiger partial charge in [-0.1, -0.05) is 33.8 Å². The third kappa shape index (κ3) is 2.79. The lowest BCUT2D eigenvalue weighted by molar-refractivity contribution is 0.210. The van der Waals surface area contributed by atoms with E-state index in [2.05, 4.69) is 58.1 Å². The van der Waals surface area contributed by atoms with Gasteiger partial charge in [0.1, 0.15) is 11.9 Å². The first-order valence-electron chi connectivity index (χ1n) is 7.54. The van der Waals surface area contributed by atoms with E-state index >= 15 is 0 Å². The smallest absolute Gasteiger partial charge is 0.124 e. The largest absolute Gasteiger partial charge is 0.488 e. The molecule has 2 unspecified atom stereocenters. The standard InChI is InChI=1S/C17H27NO/c1-6-10-18-16-12(3)19-15-9-8-13(11-14(15)16)17(4,5)7-2/h8-9,11-12,16,18H,6-7,10H2,1-5H3. The highest BCUT2D eigenvalue weighted by molar-refractivity contribution is 5.45. The zero-order valence-electron chi connectivity index (χ0n) is 12.9. The zero-order valence-corrected chi connectivity index (χ0v) is 12.9. The SMILES string of the molecule is CCCNC1c2cc(C(C)(C)CC)ccc2OC1C. The van der Waals surface area contributed by atoms with E-state index in [0.29, 0.717) is 6.04 Å². The molecule has 0 spiro atoms. The average Bonchev–Trinajstić information content (AvgIpc) is 2.71. The monoisotopic (exact) mass is 261 g/mol. The third-order valence-electron chi connectivity index (χ3n) is 4.41. The molecule has 1 aromatic rings. The molecule has 0 aromatic heterocycles. The van der Waals surface area contributed by atoms with E-state index in [0.717, 1.165) is 25.1 Å². The molecule has 1 aliphatic rings. The van der Waals surface area contributed by atoms with E-state index in [1.54, 1.807) is 0 Å². The van der Waals surface area contributed by atoms with Crippen LogP contribution in [0.4, 0.5) is 0 Å². The molecule has 0 aliphatic carbocycles. The van der Waals surface area contributed by atoms with Gasteiger partial charge < -0.3 is 10.1 Å². The minimum Gasteiger partial charge on any atom is -0.488 e. The first-order valence-corrected chi connectivity index (χ1v) is 7.54. The highest BCUT2D eigenvalue weighted by Gasteiger charge is 2.32. The van der Waals surface area contributed by atoms with Crippen molar-refractivity contribution in [3.63, 3.8) is 0 Å². The molecule has 0 fully saturated rings. The van der Waals surface area contributed by atoms with Crippen LogP contribution in [0, 0.1) is 0 Å². The molecule has 0 bridgehead atoms. The lowest BCUT2D eigenvalue weighted by Crippen LogP contribution is -2.29. The highest BCUT2D eigenvalue weighted by atomic mass is 16.5. The van der Waals surface area contributed by atoms with E-state index in [-0.39, 0.29) is 11.5 Å². The number of fused-ring (bicyclic) bond motifs is 1. The Hall–Kier alpha value is -1.02. The van der Waals surface area contributed by atoms with Gasteiger partial charge in [-0.2, -0.15) is 0 Å². The van der Waals surface area contributed by atoms with E-state index in [1.165, 1.54) is 11.1 Å². The molecule has 2 nitrogen and oxygen atoms in total. The molecule has 0 radical (unpaired) electrons. The molecule has 106 valence electrons. The topological polar surface area (TPSA) is 21.3 Å². The number of rotatable bonds is 5. The molecule has 2 rings (SSSR count). The van der Waals surface area contributed by atoms with Crippen LogP contribution < -0.4 is 10.1 Å². The minimum atomic E-state index is 0.224. The molecule has 0 saturated heterocycles. The van der Waals surface area contributed by atoms with Crippen molar-refractivity contribution in [1.82, 2.24) is 5.32 Å². The van der Waals surface area contributed by atoms with Gasteiger partial charge >= 0.3 is 0 Å². The Morgan fingerprint density at radius 3 is 2.63 bits per heavy atom. The second kappa shape index (κ2) is 5.54. The van der Waals surface area contributed by atoms with Crippen molar-refractivity contribution in [3.8, 4) is 5.75 Å². The van der Waals surface area contributed by atoms with Crippen LogP contribution in [0.3, 0.4) is 0 Å². The summed E-state index contributed by atoms with van der Waals surface area (Å²) in [6.07, 6.45) is 2.52. The van der Waals surface area contributed by atoms with E-state index < -0.39 is 0 Å². The van der Waals surface area contributed by atoms with Crippen LogP contribution >= 0.6 is 0 Å². The van der Waals surface area contributed by atoms with E-state index in [4.69, 9.17) is 4.74 Å². The fourth-order valence-corrected chi connectivity index (χ4v) is 2.62. The number of nitrogens with one attached hydrogen (secondary N) is 1. The van der Waals surface area contributed by atoms with Crippen molar-refractivity contribution in [2.75, 3.05) is 6.54 Å². The number of hydrogen-bond donors (Lipinski definition) is 1. The zero-order chi connectivity index (χ0) is 14.0. The van der Waals surface area contributed by atoms with Crippen LogP contribution in [0.2, 0.25) is 0 Å². The molecule has 2 heteroatoms. The maximum Gasteiger partial charge on any atom is 0.124 e. The minimum absolute atomic E-state index is 0.224. The summed E-state index contributed by atoms with van der Waals surface area (Å²) in [4.78, 5) is 0. The van der Waals surface area contributed by atoms with E-state index in [9.17, 15) is 0 Å². The molecule has 1 aromatic carbocycles. The first kappa shape index (κ1) is 14.4. The molecule has 1 N–H and O–H groups in total. The summed E-state index contributed by atoms with van der Waals surface area (Å²) in [6, 6.07) is 7.04. The third-order valence-corrected chi connectivity index (χ3v) is 4.41. The summed E-state index contributed by atoms with van der Waals surface area (Å²) >= 11 is 0. The normalized spacial score (nSPS) is 22.2. The van der Waals surface area contributed by atoms with Crippen LogP contribution in [0.25, 0.3) is 0 Å². The van der Waals surface area contributed by atoms with Crippen molar-refractivity contribution in [2.45, 2.75) is 65.0 Å². The summed E-state index contributed by atoms with van der Waals surface area (Å²) in [7, 11) is 0. The number of hydrogen-bond acceptors (Lipinski definition) is 2. The van der Waals surface area contributed by atoms with Gasteiger partial charge in [0.15, 0.2) is 0 Å². The molecular weight excluding hydrogens is 234 g/mol. The molecule has 2 atom stereocenters. The number of ether oxygens (including phenoxy) is 1. The van der Waals surface area contributed by atoms with Crippen LogP contribution in [-0.4, -0.2) is 12.6 Å². The summed E-state index contributed by atoms with van der Waals surface area (Å²) in [5, 5.41) is 3.61. The van der Waals surface area contributed by atoms with Crippen molar-refractivity contribution in [1.29, 1.82) is 0 Å². The van der Waals surface area contributed by atoms with Gasteiger partial charge in [0.05, 0.1) is 6.04 Å². The molecule has 1 heterocycles. The van der Waals surface area contributed by atoms with Crippen molar-refractivity contribution in [2.24, 2.45) is 0 Å². The van der Waals surface area contributed by atoms with Crippen LogP contribution in [0.1, 0.15) is 64.6 Å². The van der Waals surface area contributed by atoms with Gasteiger partial charge in [-0.3, -0.25) is 0 Å². The molecule has 0 saturated carbocycles. The summed E-state index contributed by atoms with van der Waals surface area (Å²) in [5.74, 6) is 1.05. The molecular formula is C17H27NO. The maximum absolute atomic E-state index is 5.96. The van der Waals surface area contributed by atoms with Crippen molar-refractivity contribution >= 4 is 0 Å². The lowest BCUT2D eigenvalue weighted by atomic mass is 9.81. The Morgan fingerprint density at radius 1 is 1.26 bits per heavy atom. The molecule has 19 heavy (non-hydrogen) atoms. The fourth-order valence-electron chi connectivity index (χ4n) is 2.62. The van der Waals surface area contributed by atoms with Gasteiger partial charge in [0.2, 0.25) is 0 Å². The summed E-state index contributed by atoms with van der Waals surface area (Å²) in [6.45, 7) is 12.3. The first-order chi connectivity index (χ1) is 8.99. The van der Waals surface area contributed by atoms with Gasteiger partial charge in [-0.25, -0.2) is 0 Å². The predicted molar refractivity (Wildman–Crippen MR) is 80.9 cm³/mol. The van der Waals surface area contributed by atoms with Crippen molar-refractivity contribution < 1.29 is 4.74 Å². The maximum atomic E-state index is 5.96. The predicted octanol–water partition coefficient (Wildman–Crippen LogP) is 4.20. The number of benzene rings is 1. The fraction of sp³-hybridized carbons (Fsp3) is 0.647. The lowest BCUT2D eigenvalue weighted by Gasteiger charge is -2.24. The average molecular weight is 261 g/mol. The Kier molecular flexibility index (Phi) is 4.19. The Balaban J connectivity index is 2.31. The summed E-state index contributed by atoms with van der Waals surface area (Å²) in [5.41, 5.74) is 2.98. The second-order valence-corrected chi connectivity index (χ2v) is 6.24. The molecule has 0 amide bonds. The molecule has 1 aliphatic heterocycles. The highest BCUT2D eigenvalue weighted by Crippen LogP contribution is 2.39. The van der Waals surface area contributed by atoms with Gasteiger partial charge in [0.25, 0.3) is 0 Å². The van der Waals surface area contributed by atoms with Gasteiger partial charge in [0, 0.05) is 5.56 Å². The van der Waals surface area contributed by atoms with Crippen LogP contribution in [0.5, 0.6) is 5.75 Å². The second-order valence-electron chi connectivity index (χ2n) is 6.24. The Morgan fingerprint density at radius 2 is 2.00 bits per heavy atom. The van der Waals surface area contributed by atoms with Gasteiger partial charge in [-0.15, -0.1) is 0 Å². The van der Waals surface area contributed by atoms with Crippen molar-refractivity contribution in [3.05, 3.63) is 29.3 Å². The van der Waals surface area contributed by atoms with Crippen LogP contribution in [-0.2, 0) is 5.41 Å². The van der Waals surface area contributed by atoms with Gasteiger partial charge in [-0.05, 0) is 49.4 Å². The quantitative estimate of drug-likeness (QED) is 0.858.